The maximum Gasteiger partial charge on any atom is 0.433 e. The summed E-state index contributed by atoms with van der Waals surface area (Å²) in [6.45, 7) is 0.346. The molecule has 1 aromatic heterocycles. The number of halogens is 3. The summed E-state index contributed by atoms with van der Waals surface area (Å²) >= 11 is 0. The lowest BCUT2D eigenvalue weighted by molar-refractivity contribution is -0.141. The first-order valence-corrected chi connectivity index (χ1v) is 5.29. The number of aliphatic carboxylic acids is 1. The Balaban J connectivity index is 2.31. The monoisotopic (exact) mass is 261 g/mol. The summed E-state index contributed by atoms with van der Waals surface area (Å²) in [5.74, 6) is -1.26. The van der Waals surface area contributed by atoms with E-state index >= 15 is 0 Å². The van der Waals surface area contributed by atoms with Crippen LogP contribution in [0.5, 0.6) is 0 Å². The molecule has 98 valence electrons. The molecule has 0 spiro atoms. The van der Waals surface area contributed by atoms with Gasteiger partial charge in [-0.15, -0.1) is 0 Å². The molecule has 1 saturated heterocycles. The Hall–Kier alpha value is -1.86. The summed E-state index contributed by atoms with van der Waals surface area (Å²) in [5.41, 5.74) is -1.07. The fourth-order valence-electron chi connectivity index (χ4n) is 1.91. The zero-order valence-corrected chi connectivity index (χ0v) is 9.18. The Bertz CT molecular complexity index is 464. The van der Waals surface area contributed by atoms with Crippen LogP contribution >= 0.6 is 0 Å². The second-order valence-electron chi connectivity index (χ2n) is 3.93. The zero-order chi connectivity index (χ0) is 13.3. The van der Waals surface area contributed by atoms with Crippen LogP contribution in [0.4, 0.5) is 19.1 Å². The first-order valence-electron chi connectivity index (χ1n) is 5.29. The number of carboxylic acids is 1. The summed E-state index contributed by atoms with van der Waals surface area (Å²) in [6.07, 6.45) is -2.59. The molecular formula is C10H10F3N3O2. The van der Waals surface area contributed by atoms with Gasteiger partial charge in [-0.2, -0.15) is 13.2 Å². The first kappa shape index (κ1) is 12.6. The molecule has 0 unspecified atom stereocenters. The number of anilines is 1. The molecule has 8 heteroatoms. The van der Waals surface area contributed by atoms with Crippen molar-refractivity contribution in [2.45, 2.75) is 25.1 Å². The van der Waals surface area contributed by atoms with Gasteiger partial charge in [0.2, 0.25) is 5.95 Å². The highest BCUT2D eigenvalue weighted by Crippen LogP contribution is 2.29. The van der Waals surface area contributed by atoms with Crippen LogP contribution in [0.15, 0.2) is 12.3 Å². The third-order valence-electron chi connectivity index (χ3n) is 2.73. The Morgan fingerprint density at radius 2 is 2.22 bits per heavy atom. The lowest BCUT2D eigenvalue weighted by atomic mass is 10.2. The molecule has 1 aromatic rings. The highest BCUT2D eigenvalue weighted by atomic mass is 19.4. The van der Waals surface area contributed by atoms with Crippen LogP contribution in [0.2, 0.25) is 0 Å². The molecule has 0 radical (unpaired) electrons. The van der Waals surface area contributed by atoms with Crippen LogP contribution in [0.25, 0.3) is 0 Å². The number of nitrogens with zero attached hydrogens (tertiary/aromatic N) is 3. The smallest absolute Gasteiger partial charge is 0.433 e. The van der Waals surface area contributed by atoms with Gasteiger partial charge in [0, 0.05) is 12.7 Å². The summed E-state index contributed by atoms with van der Waals surface area (Å²) in [6, 6.07) is -0.0940. The first-order chi connectivity index (χ1) is 8.39. The largest absolute Gasteiger partial charge is 0.480 e. The Kier molecular flexibility index (Phi) is 3.10. The molecular weight excluding hydrogens is 251 g/mol. The zero-order valence-electron chi connectivity index (χ0n) is 9.18. The van der Waals surface area contributed by atoms with Crippen LogP contribution in [-0.4, -0.2) is 33.6 Å². The SMILES string of the molecule is O=C(O)[C@H]1CCCN1c1nccc(C(F)(F)F)n1. The van der Waals surface area contributed by atoms with Gasteiger partial charge in [-0.1, -0.05) is 0 Å². The normalized spacial score (nSPS) is 20.2. The van der Waals surface area contributed by atoms with E-state index in [0.717, 1.165) is 12.3 Å². The van der Waals surface area contributed by atoms with Crippen molar-refractivity contribution in [3.05, 3.63) is 18.0 Å². The molecule has 5 nitrogen and oxygen atoms in total. The van der Waals surface area contributed by atoms with E-state index in [1.165, 1.54) is 4.90 Å². The Morgan fingerprint density at radius 1 is 1.50 bits per heavy atom. The molecule has 1 fully saturated rings. The maximum atomic E-state index is 12.5. The average molecular weight is 261 g/mol. The van der Waals surface area contributed by atoms with Crippen molar-refractivity contribution in [3.8, 4) is 0 Å². The Labute approximate surface area is 100 Å². The number of rotatable bonds is 2. The van der Waals surface area contributed by atoms with Gasteiger partial charge < -0.3 is 10.0 Å². The average Bonchev–Trinajstić information content (AvgIpc) is 2.77. The fourth-order valence-corrected chi connectivity index (χ4v) is 1.91. The molecule has 1 N–H and O–H groups in total. The van der Waals surface area contributed by atoms with E-state index in [0.29, 0.717) is 19.4 Å². The molecule has 1 aliphatic heterocycles. The Morgan fingerprint density at radius 3 is 2.83 bits per heavy atom. The predicted molar refractivity (Wildman–Crippen MR) is 55.0 cm³/mol. The van der Waals surface area contributed by atoms with Gasteiger partial charge >= 0.3 is 12.1 Å². The van der Waals surface area contributed by atoms with Crippen molar-refractivity contribution in [2.24, 2.45) is 0 Å². The molecule has 1 aliphatic rings. The van der Waals surface area contributed by atoms with Gasteiger partial charge in [0.15, 0.2) is 0 Å². The van der Waals surface area contributed by atoms with E-state index in [-0.39, 0.29) is 5.95 Å². The van der Waals surface area contributed by atoms with E-state index in [1.807, 2.05) is 0 Å². The van der Waals surface area contributed by atoms with Crippen molar-refractivity contribution >= 4 is 11.9 Å². The van der Waals surface area contributed by atoms with Crippen molar-refractivity contribution in [2.75, 3.05) is 11.4 Å². The lowest BCUT2D eigenvalue weighted by Crippen LogP contribution is -2.37. The van der Waals surface area contributed by atoms with Gasteiger partial charge in [-0.05, 0) is 18.9 Å². The molecule has 2 rings (SSSR count). The molecule has 0 bridgehead atoms. The van der Waals surface area contributed by atoms with Crippen molar-refractivity contribution in [1.29, 1.82) is 0 Å². The topological polar surface area (TPSA) is 66.3 Å². The number of alkyl halides is 3. The van der Waals surface area contributed by atoms with Crippen molar-refractivity contribution in [1.82, 2.24) is 9.97 Å². The van der Waals surface area contributed by atoms with E-state index in [4.69, 9.17) is 5.11 Å². The van der Waals surface area contributed by atoms with Crippen LogP contribution in [0, 0.1) is 0 Å². The minimum absolute atomic E-state index is 0.185. The molecule has 18 heavy (non-hydrogen) atoms. The fraction of sp³-hybridized carbons (Fsp3) is 0.500. The summed E-state index contributed by atoms with van der Waals surface area (Å²) < 4.78 is 37.5. The van der Waals surface area contributed by atoms with Crippen LogP contribution in [0.3, 0.4) is 0 Å². The molecule has 0 saturated carbocycles. The molecule has 1 atom stereocenters. The minimum Gasteiger partial charge on any atom is -0.480 e. The summed E-state index contributed by atoms with van der Waals surface area (Å²) in [7, 11) is 0. The molecule has 2 heterocycles. The molecule has 0 amide bonds. The molecule has 0 aromatic carbocycles. The predicted octanol–water partition coefficient (Wildman–Crippen LogP) is 1.55. The standard InChI is InChI=1S/C10H10F3N3O2/c11-10(12,13)7-3-4-14-9(15-7)16-5-1-2-6(16)8(17)18/h3-4,6H,1-2,5H2,(H,17,18)/t6-/m1/s1. The third kappa shape index (κ3) is 2.36. The van der Waals surface area contributed by atoms with Crippen LogP contribution in [0.1, 0.15) is 18.5 Å². The summed E-state index contributed by atoms with van der Waals surface area (Å²) in [5, 5.41) is 8.95. The van der Waals surface area contributed by atoms with E-state index in [9.17, 15) is 18.0 Å². The van der Waals surface area contributed by atoms with Gasteiger partial charge in [0.25, 0.3) is 0 Å². The second-order valence-corrected chi connectivity index (χ2v) is 3.93. The van der Waals surface area contributed by atoms with E-state index < -0.39 is 23.9 Å². The van der Waals surface area contributed by atoms with Crippen LogP contribution in [-0.2, 0) is 11.0 Å². The number of hydrogen-bond acceptors (Lipinski definition) is 4. The quantitative estimate of drug-likeness (QED) is 0.874. The number of carbonyl (C=O) groups is 1. The van der Waals surface area contributed by atoms with Gasteiger partial charge in [0.1, 0.15) is 11.7 Å². The number of carboxylic acid groups (broad SMARTS) is 1. The van der Waals surface area contributed by atoms with Crippen molar-refractivity contribution in [3.63, 3.8) is 0 Å². The van der Waals surface area contributed by atoms with Gasteiger partial charge in [-0.25, -0.2) is 14.8 Å². The van der Waals surface area contributed by atoms with E-state index in [1.54, 1.807) is 0 Å². The third-order valence-corrected chi connectivity index (χ3v) is 2.73. The van der Waals surface area contributed by atoms with Gasteiger partial charge in [0.05, 0.1) is 0 Å². The summed E-state index contributed by atoms with van der Waals surface area (Å²) in [4.78, 5) is 19.3. The molecule has 0 aliphatic carbocycles. The van der Waals surface area contributed by atoms with E-state index in [2.05, 4.69) is 9.97 Å². The van der Waals surface area contributed by atoms with Crippen molar-refractivity contribution < 1.29 is 23.1 Å². The lowest BCUT2D eigenvalue weighted by Gasteiger charge is -2.21. The van der Waals surface area contributed by atoms with Crippen LogP contribution < -0.4 is 4.90 Å². The highest BCUT2D eigenvalue weighted by molar-refractivity contribution is 5.78. The number of hydrogen-bond donors (Lipinski definition) is 1. The highest BCUT2D eigenvalue weighted by Gasteiger charge is 2.36. The maximum absolute atomic E-state index is 12.5. The number of aromatic nitrogens is 2. The minimum atomic E-state index is -4.56. The second kappa shape index (κ2) is 4.43. The van der Waals surface area contributed by atoms with Gasteiger partial charge in [-0.3, -0.25) is 0 Å².